The fraction of sp³-hybridized carbons (Fsp3) is 0. The van der Waals surface area contributed by atoms with Crippen LogP contribution in [0.5, 0.6) is 0 Å². The zero-order valence-corrected chi connectivity index (χ0v) is 27.2. The molecule has 0 aliphatic rings. The van der Waals surface area contributed by atoms with E-state index < -0.39 is 60.4 Å². The highest BCUT2D eigenvalue weighted by Crippen LogP contribution is 2.42. The molecule has 0 saturated carbocycles. The Morgan fingerprint density at radius 2 is 1.29 bits per heavy atom. The summed E-state index contributed by atoms with van der Waals surface area (Å²) in [5, 5.41) is 1.81. The Hall–Kier alpha value is -6.63. The molecule has 51 heavy (non-hydrogen) atoms. The molecule has 0 radical (unpaired) electrons. The number of fused-ring (bicyclic) bond motifs is 10. The van der Waals surface area contributed by atoms with Gasteiger partial charge in [-0.2, -0.15) is 9.97 Å². The zero-order chi connectivity index (χ0) is 42.2. The lowest BCUT2D eigenvalue weighted by atomic mass is 10.0. The third-order valence-electron chi connectivity index (χ3n) is 9.17. The molecule has 0 saturated heterocycles. The maximum atomic E-state index is 9.58. The summed E-state index contributed by atoms with van der Waals surface area (Å²) < 4.78 is 98.7. The summed E-state index contributed by atoms with van der Waals surface area (Å²) in [6.07, 6.45) is 0. The first-order valence-electron chi connectivity index (χ1n) is 21.1. The van der Waals surface area contributed by atoms with Crippen LogP contribution in [-0.4, -0.2) is 19.5 Å². The van der Waals surface area contributed by atoms with Gasteiger partial charge in [-0.1, -0.05) is 115 Å². The van der Waals surface area contributed by atoms with Crippen molar-refractivity contribution < 1.29 is 18.1 Å². The molecule has 0 N–H and O–H groups in total. The first-order valence-corrected chi connectivity index (χ1v) is 16.9. The summed E-state index contributed by atoms with van der Waals surface area (Å²) in [6, 6.07) is 26.4. The molecule has 11 aromatic rings. The van der Waals surface area contributed by atoms with Gasteiger partial charge in [-0.3, -0.25) is 4.57 Å². The third kappa shape index (κ3) is 4.30. The van der Waals surface area contributed by atoms with Crippen molar-refractivity contribution in [3.05, 3.63) is 157 Å². The topological polar surface area (TPSA) is 56.7 Å². The van der Waals surface area contributed by atoms with E-state index in [-0.39, 0.29) is 61.3 Å². The zero-order valence-electron chi connectivity index (χ0n) is 36.3. The van der Waals surface area contributed by atoms with E-state index in [2.05, 4.69) is 6.07 Å². The van der Waals surface area contributed by atoms with Gasteiger partial charge in [-0.25, -0.2) is 4.98 Å². The van der Waals surface area contributed by atoms with Crippen molar-refractivity contribution in [1.29, 1.82) is 0 Å². The van der Waals surface area contributed by atoms with Crippen LogP contribution in [-0.2, 0) is 0 Å². The average molecular weight is 681 g/mol. The van der Waals surface area contributed by atoms with Crippen molar-refractivity contribution in [3.63, 3.8) is 0 Å². The lowest BCUT2D eigenvalue weighted by Gasteiger charge is -2.12. The maximum absolute atomic E-state index is 9.58. The van der Waals surface area contributed by atoms with Crippen molar-refractivity contribution in [2.24, 2.45) is 0 Å². The molecular weight excluding hydrogens is 645 g/mol. The second-order valence-electron chi connectivity index (χ2n) is 12.1. The minimum absolute atomic E-state index is 0.00672. The van der Waals surface area contributed by atoms with Gasteiger partial charge in [0, 0.05) is 47.5 Å². The van der Waals surface area contributed by atoms with Gasteiger partial charge in [0.1, 0.15) is 11.2 Å². The Bertz CT molecular complexity index is 3730. The smallest absolute Gasteiger partial charge is 0.238 e. The molecule has 0 bridgehead atoms. The van der Waals surface area contributed by atoms with Crippen molar-refractivity contribution >= 4 is 75.3 Å². The van der Waals surface area contributed by atoms with E-state index in [9.17, 15) is 5.48 Å². The second kappa shape index (κ2) is 10.9. The van der Waals surface area contributed by atoms with Crippen LogP contribution in [0.4, 0.5) is 0 Å². The predicted molar refractivity (Wildman–Crippen MR) is 211 cm³/mol. The molecule has 7 aromatic carbocycles. The molecule has 0 spiro atoms. The first-order chi connectivity index (χ1) is 29.4. The summed E-state index contributed by atoms with van der Waals surface area (Å²) >= 11 is 1.58. The van der Waals surface area contributed by atoms with E-state index >= 15 is 0 Å². The Morgan fingerprint density at radius 3 is 2.24 bits per heavy atom. The van der Waals surface area contributed by atoms with E-state index in [0.29, 0.717) is 11.1 Å². The number of thiophene rings is 1. The molecule has 0 unspecified atom stereocenters. The highest BCUT2D eigenvalue weighted by Gasteiger charge is 2.22. The molecule has 238 valence electrons. The van der Waals surface area contributed by atoms with E-state index in [1.54, 1.807) is 11.3 Å². The first kappa shape index (κ1) is 20.1. The van der Waals surface area contributed by atoms with Gasteiger partial charge in [0.2, 0.25) is 5.95 Å². The van der Waals surface area contributed by atoms with Crippen LogP contribution < -0.4 is 0 Å². The molecule has 11 rings (SSSR count). The van der Waals surface area contributed by atoms with E-state index in [1.165, 1.54) is 4.57 Å². The van der Waals surface area contributed by atoms with Crippen LogP contribution in [0.1, 0.15) is 13.7 Å². The monoisotopic (exact) mass is 680 g/mol. The van der Waals surface area contributed by atoms with Crippen LogP contribution in [0.15, 0.2) is 162 Å². The second-order valence-corrected chi connectivity index (χ2v) is 13.1. The molecule has 4 heterocycles. The Morgan fingerprint density at radius 1 is 0.549 bits per heavy atom. The highest BCUT2D eigenvalue weighted by atomic mass is 32.1. The average Bonchev–Trinajstić information content (AvgIpc) is 3.99. The van der Waals surface area contributed by atoms with Crippen LogP contribution in [0.2, 0.25) is 0 Å². The van der Waals surface area contributed by atoms with Crippen LogP contribution in [0.25, 0.3) is 104 Å². The summed E-state index contributed by atoms with van der Waals surface area (Å²) in [5.41, 5.74) is 2.61. The third-order valence-corrected chi connectivity index (χ3v) is 10.4. The van der Waals surface area contributed by atoms with E-state index in [0.717, 1.165) is 31.3 Å². The van der Waals surface area contributed by atoms with Gasteiger partial charge in [0.25, 0.3) is 0 Å². The van der Waals surface area contributed by atoms with E-state index in [4.69, 9.17) is 27.6 Å². The summed E-state index contributed by atoms with van der Waals surface area (Å²) in [7, 11) is 0. The SMILES string of the molecule is [2H]c1c([2H])c([2H])c2c(oc3c2c([2H])c([2H])c2c3c3c([2H])c([2H])c([2H])c([2H])c3n2-c2nc(-c3cccc(-c4ccccc4)c3)nc(-c3cccc4c3sc3ccccc34)n2)c1[2H]. The Labute approximate surface area is 309 Å². The van der Waals surface area contributed by atoms with Crippen molar-refractivity contribution in [2.45, 2.75) is 0 Å². The van der Waals surface area contributed by atoms with Crippen molar-refractivity contribution in [3.8, 4) is 39.9 Å². The summed E-state index contributed by atoms with van der Waals surface area (Å²) in [5.74, 6) is 0.392. The lowest BCUT2D eigenvalue weighted by molar-refractivity contribution is 0.673. The number of hydrogen-bond donors (Lipinski definition) is 0. The Balaban J connectivity index is 1.31. The Kier molecular flexibility index (Phi) is 4.32. The molecule has 4 aromatic heterocycles. The fourth-order valence-electron chi connectivity index (χ4n) is 6.88. The van der Waals surface area contributed by atoms with Crippen LogP contribution in [0.3, 0.4) is 0 Å². The number of aromatic nitrogens is 4. The molecule has 0 aliphatic heterocycles. The predicted octanol–water partition coefficient (Wildman–Crippen LogP) is 12.2. The number of benzene rings is 7. The maximum Gasteiger partial charge on any atom is 0.238 e. The normalized spacial score (nSPS) is 14.7. The highest BCUT2D eigenvalue weighted by molar-refractivity contribution is 7.26. The van der Waals surface area contributed by atoms with Gasteiger partial charge < -0.3 is 4.42 Å². The summed E-state index contributed by atoms with van der Waals surface area (Å²) in [4.78, 5) is 15.1. The minimum Gasteiger partial charge on any atom is -0.455 e. The lowest BCUT2D eigenvalue weighted by Crippen LogP contribution is -2.06. The molecule has 0 atom stereocenters. The fourth-order valence-corrected chi connectivity index (χ4v) is 8.09. The molecular formula is C45H26N4OS. The standard InChI is InChI=1S/C45H26N4OS/c1-2-12-27(13-3-1)28-14-10-15-29(26-28)43-46-44(35-20-11-19-33-31-17-6-9-23-39(31)51-42(33)35)48-45(47-43)49-36-21-7-4-18-34(36)40-37(49)25-24-32-30-16-5-8-22-38(30)50-41(32)40/h1-26H/i4D,5D,7D,8D,16D,18D,21D,22D,24D,25D. The number of hydrogen-bond acceptors (Lipinski definition) is 5. The van der Waals surface area contributed by atoms with Gasteiger partial charge in [0.15, 0.2) is 11.6 Å². The molecule has 0 aliphatic carbocycles. The van der Waals surface area contributed by atoms with Gasteiger partial charge in [0.05, 0.1) is 30.1 Å². The quantitative estimate of drug-likeness (QED) is 0.186. The summed E-state index contributed by atoms with van der Waals surface area (Å²) in [6.45, 7) is 0. The van der Waals surface area contributed by atoms with Crippen molar-refractivity contribution in [2.75, 3.05) is 0 Å². The number of para-hydroxylation sites is 2. The van der Waals surface area contributed by atoms with E-state index in [1.807, 2.05) is 91.0 Å². The number of rotatable bonds is 4. The van der Waals surface area contributed by atoms with Gasteiger partial charge >= 0.3 is 0 Å². The molecule has 5 nitrogen and oxygen atoms in total. The number of nitrogens with zero attached hydrogens (tertiary/aromatic N) is 4. The van der Waals surface area contributed by atoms with Gasteiger partial charge in [-0.15, -0.1) is 11.3 Å². The molecule has 0 fully saturated rings. The van der Waals surface area contributed by atoms with Crippen LogP contribution >= 0.6 is 11.3 Å². The van der Waals surface area contributed by atoms with Gasteiger partial charge in [-0.05, 0) is 53.5 Å². The molecule has 0 amide bonds. The largest absolute Gasteiger partial charge is 0.455 e. The van der Waals surface area contributed by atoms with Crippen LogP contribution in [0, 0.1) is 0 Å². The van der Waals surface area contributed by atoms with Crippen molar-refractivity contribution in [1.82, 2.24) is 19.5 Å². The minimum atomic E-state index is -0.558. The molecule has 6 heteroatoms. The number of furan rings is 1.